The Morgan fingerprint density at radius 1 is 0.592 bits per heavy atom. The van der Waals surface area contributed by atoms with Gasteiger partial charge >= 0.3 is 0 Å². The van der Waals surface area contributed by atoms with E-state index in [4.69, 9.17) is 35.5 Å². The molecule has 1 saturated heterocycles. The molecule has 0 aliphatic carbocycles. The molecule has 1 fully saturated rings. The summed E-state index contributed by atoms with van der Waals surface area (Å²) in [7, 11) is 0. The number of aromatic nitrogens is 2. The van der Waals surface area contributed by atoms with E-state index in [-0.39, 0.29) is 5.28 Å². The number of nitrogens with zero attached hydrogens (tertiary/aromatic N) is 2. The monoisotopic (exact) mass is 671 g/mol. The predicted molar refractivity (Wildman–Crippen MR) is 192 cm³/mol. The van der Waals surface area contributed by atoms with E-state index in [2.05, 4.69) is 58.8 Å². The molecule has 0 spiro atoms. The molecule has 0 amide bonds. The SMILES string of the molecule is Clc1nc(NCc2ccccc2)c2cccc([C@@H]3O[C@H](COCc4ccccc4)[C@@H](OCc4ccccc4)[C@H]3OCc3ccccc3)c2n1. The highest BCUT2D eigenvalue weighted by atomic mass is 35.5. The highest BCUT2D eigenvalue weighted by Gasteiger charge is 2.48. The number of halogens is 1. The van der Waals surface area contributed by atoms with Crippen molar-refractivity contribution in [3.63, 3.8) is 0 Å². The summed E-state index contributed by atoms with van der Waals surface area (Å²) in [5, 5.41) is 4.46. The first kappa shape index (κ1) is 32.9. The van der Waals surface area contributed by atoms with Gasteiger partial charge in [-0.15, -0.1) is 0 Å². The van der Waals surface area contributed by atoms with Crippen molar-refractivity contribution in [2.75, 3.05) is 11.9 Å². The van der Waals surface area contributed by atoms with Crippen molar-refractivity contribution in [2.24, 2.45) is 0 Å². The number of rotatable bonds is 14. The van der Waals surface area contributed by atoms with E-state index in [0.717, 1.165) is 33.2 Å². The minimum Gasteiger partial charge on any atom is -0.374 e. The maximum Gasteiger partial charge on any atom is 0.224 e. The summed E-state index contributed by atoms with van der Waals surface area (Å²) in [4.78, 5) is 9.31. The molecule has 0 bridgehead atoms. The molecule has 1 aliphatic rings. The second kappa shape index (κ2) is 16.2. The van der Waals surface area contributed by atoms with Crippen molar-refractivity contribution in [2.45, 2.75) is 50.8 Å². The molecule has 0 saturated carbocycles. The number of anilines is 1. The second-order valence-corrected chi connectivity index (χ2v) is 12.4. The van der Waals surface area contributed by atoms with Crippen molar-refractivity contribution in [1.82, 2.24) is 9.97 Å². The van der Waals surface area contributed by atoms with Crippen LogP contribution in [0.15, 0.2) is 140 Å². The summed E-state index contributed by atoms with van der Waals surface area (Å²) in [6, 6.07) is 46.6. The van der Waals surface area contributed by atoms with Gasteiger partial charge in [0.15, 0.2) is 0 Å². The molecule has 7 rings (SSSR count). The second-order valence-electron chi connectivity index (χ2n) is 12.0. The first-order valence-electron chi connectivity index (χ1n) is 16.5. The fourth-order valence-electron chi connectivity index (χ4n) is 6.19. The van der Waals surface area contributed by atoms with Crippen molar-refractivity contribution in [3.05, 3.63) is 173 Å². The summed E-state index contributed by atoms with van der Waals surface area (Å²) in [5.41, 5.74) is 5.89. The maximum atomic E-state index is 6.91. The molecule has 1 N–H and O–H groups in total. The number of hydrogen-bond acceptors (Lipinski definition) is 7. The lowest BCUT2D eigenvalue weighted by atomic mass is 9.98. The summed E-state index contributed by atoms with van der Waals surface area (Å²) in [5.74, 6) is 0.653. The van der Waals surface area contributed by atoms with Crippen LogP contribution in [0.25, 0.3) is 10.9 Å². The van der Waals surface area contributed by atoms with Crippen LogP contribution in [0.2, 0.25) is 5.28 Å². The van der Waals surface area contributed by atoms with Gasteiger partial charge in [0.2, 0.25) is 5.28 Å². The molecule has 4 atom stereocenters. The Balaban J connectivity index is 1.22. The largest absolute Gasteiger partial charge is 0.374 e. The lowest BCUT2D eigenvalue weighted by Gasteiger charge is -2.26. The number of ether oxygens (including phenoxy) is 4. The smallest absolute Gasteiger partial charge is 0.224 e. The standard InChI is InChI=1S/C41H38ClN3O4/c42-41-44-36-33(22-13-23-34(36)40(45-41)43-24-29-14-5-1-6-15-29)37-39(48-27-32-20-11-4-12-21-32)38(47-26-31-18-9-3-10-19-31)35(49-37)28-46-25-30-16-7-2-8-17-30/h1-23,35,37-39H,24-28H2,(H,43,44,45)/t35-,37+,38-,39+/m1/s1. The Bertz CT molecular complexity index is 1920. The first-order valence-corrected chi connectivity index (χ1v) is 16.9. The Labute approximate surface area is 291 Å². The van der Waals surface area contributed by atoms with Crippen LogP contribution in [0.5, 0.6) is 0 Å². The average Bonchev–Trinajstić information content (AvgIpc) is 3.50. The highest BCUT2D eigenvalue weighted by Crippen LogP contribution is 2.41. The summed E-state index contributed by atoms with van der Waals surface area (Å²) in [6.45, 7) is 2.16. The van der Waals surface area contributed by atoms with Gasteiger partial charge < -0.3 is 24.3 Å². The van der Waals surface area contributed by atoms with Gasteiger partial charge in [-0.25, -0.2) is 9.97 Å². The molecular weight excluding hydrogens is 634 g/mol. The third kappa shape index (κ3) is 8.33. The molecule has 2 heterocycles. The molecule has 0 unspecified atom stereocenters. The Morgan fingerprint density at radius 3 is 1.76 bits per heavy atom. The Kier molecular flexibility index (Phi) is 10.9. The van der Waals surface area contributed by atoms with Gasteiger partial charge in [-0.05, 0) is 39.9 Å². The van der Waals surface area contributed by atoms with E-state index >= 15 is 0 Å². The van der Waals surface area contributed by atoms with Crippen LogP contribution in [0, 0.1) is 0 Å². The van der Waals surface area contributed by atoms with Crippen molar-refractivity contribution in [3.8, 4) is 0 Å². The van der Waals surface area contributed by atoms with Gasteiger partial charge in [-0.1, -0.05) is 133 Å². The first-order chi connectivity index (χ1) is 24.2. The summed E-state index contributed by atoms with van der Waals surface area (Å²) >= 11 is 6.58. The topological polar surface area (TPSA) is 74.7 Å². The third-order valence-corrected chi connectivity index (χ3v) is 8.78. The van der Waals surface area contributed by atoms with Gasteiger partial charge in [0.1, 0.15) is 30.2 Å². The molecule has 0 radical (unpaired) electrons. The van der Waals surface area contributed by atoms with Crippen molar-refractivity contribution < 1.29 is 18.9 Å². The van der Waals surface area contributed by atoms with Crippen LogP contribution in [0.4, 0.5) is 5.82 Å². The van der Waals surface area contributed by atoms with Crippen LogP contribution in [-0.4, -0.2) is 34.9 Å². The van der Waals surface area contributed by atoms with Gasteiger partial charge in [-0.3, -0.25) is 0 Å². The zero-order valence-corrected chi connectivity index (χ0v) is 27.8. The zero-order chi connectivity index (χ0) is 33.3. The Morgan fingerprint density at radius 2 is 1.14 bits per heavy atom. The number of fused-ring (bicyclic) bond motifs is 1. The molecule has 1 aliphatic heterocycles. The maximum absolute atomic E-state index is 6.91. The van der Waals surface area contributed by atoms with E-state index < -0.39 is 24.4 Å². The highest BCUT2D eigenvalue weighted by molar-refractivity contribution is 6.28. The lowest BCUT2D eigenvalue weighted by molar-refractivity contribution is -0.0898. The van der Waals surface area contributed by atoms with Crippen LogP contribution in [0.3, 0.4) is 0 Å². The molecular formula is C41H38ClN3O4. The average molecular weight is 672 g/mol. The van der Waals surface area contributed by atoms with Crippen LogP contribution in [0.1, 0.15) is 33.9 Å². The Hall–Kier alpha value is -4.63. The summed E-state index contributed by atoms with van der Waals surface area (Å²) in [6.07, 6.45) is -1.85. The normalized spacial score (nSPS) is 18.9. The molecule has 5 aromatic carbocycles. The van der Waals surface area contributed by atoms with Crippen LogP contribution >= 0.6 is 11.6 Å². The van der Waals surface area contributed by atoms with E-state index in [9.17, 15) is 0 Å². The number of hydrogen-bond donors (Lipinski definition) is 1. The number of benzene rings is 5. The van der Waals surface area contributed by atoms with E-state index in [1.807, 2.05) is 91.0 Å². The van der Waals surface area contributed by atoms with E-state index in [1.54, 1.807) is 0 Å². The summed E-state index contributed by atoms with van der Waals surface area (Å²) < 4.78 is 26.6. The number of nitrogens with one attached hydrogen (secondary N) is 1. The molecule has 248 valence electrons. The lowest BCUT2D eigenvalue weighted by Crippen LogP contribution is -2.37. The fraction of sp³-hybridized carbons (Fsp3) is 0.220. The van der Waals surface area contributed by atoms with E-state index in [0.29, 0.717) is 44.3 Å². The van der Waals surface area contributed by atoms with Crippen LogP contribution < -0.4 is 5.32 Å². The number of para-hydroxylation sites is 1. The minimum atomic E-state index is -0.522. The quantitative estimate of drug-likeness (QED) is 0.116. The molecule has 8 heteroatoms. The fourth-order valence-corrected chi connectivity index (χ4v) is 6.36. The minimum absolute atomic E-state index is 0.148. The van der Waals surface area contributed by atoms with Crippen molar-refractivity contribution in [1.29, 1.82) is 0 Å². The third-order valence-electron chi connectivity index (χ3n) is 8.61. The molecule has 7 nitrogen and oxygen atoms in total. The van der Waals surface area contributed by atoms with Crippen LogP contribution in [-0.2, 0) is 45.3 Å². The van der Waals surface area contributed by atoms with Gasteiger partial charge in [0, 0.05) is 17.5 Å². The van der Waals surface area contributed by atoms with Gasteiger partial charge in [-0.2, -0.15) is 0 Å². The predicted octanol–water partition coefficient (Wildman–Crippen LogP) is 8.72. The molecule has 6 aromatic rings. The van der Waals surface area contributed by atoms with Gasteiger partial charge in [0.25, 0.3) is 0 Å². The van der Waals surface area contributed by atoms with E-state index in [1.165, 1.54) is 0 Å². The van der Waals surface area contributed by atoms with Gasteiger partial charge in [0.05, 0.1) is 31.9 Å². The zero-order valence-electron chi connectivity index (χ0n) is 27.0. The van der Waals surface area contributed by atoms with Crippen molar-refractivity contribution >= 4 is 28.3 Å². The molecule has 49 heavy (non-hydrogen) atoms. The molecule has 1 aromatic heterocycles.